The predicted octanol–water partition coefficient (Wildman–Crippen LogP) is 1.39. The van der Waals surface area contributed by atoms with E-state index in [2.05, 4.69) is 25.6 Å². The van der Waals surface area contributed by atoms with Gasteiger partial charge in [-0.25, -0.2) is 4.98 Å². The van der Waals surface area contributed by atoms with Gasteiger partial charge in [0.05, 0.1) is 11.9 Å². The second-order valence-corrected chi connectivity index (χ2v) is 4.60. The van der Waals surface area contributed by atoms with Crippen LogP contribution in [0.15, 0.2) is 36.5 Å². The van der Waals surface area contributed by atoms with Crippen LogP contribution in [0.5, 0.6) is 0 Å². The van der Waals surface area contributed by atoms with Crippen molar-refractivity contribution >= 4 is 17.1 Å². The van der Waals surface area contributed by atoms with E-state index in [1.54, 1.807) is 10.9 Å². The maximum atomic E-state index is 8.76. The molecule has 0 radical (unpaired) electrons. The quantitative estimate of drug-likeness (QED) is 0.665. The van der Waals surface area contributed by atoms with E-state index in [0.29, 0.717) is 17.1 Å². The summed E-state index contributed by atoms with van der Waals surface area (Å²) in [7, 11) is 0. The summed E-state index contributed by atoms with van der Waals surface area (Å²) in [4.78, 5) is 8.67. The minimum absolute atomic E-state index is 0.201. The van der Waals surface area contributed by atoms with Crippen molar-refractivity contribution in [2.45, 2.75) is 12.8 Å². The highest BCUT2D eigenvalue weighted by Crippen LogP contribution is 2.14. The molecule has 0 fully saturated rings. The number of aromatic nitrogens is 5. The molecule has 2 aromatic heterocycles. The van der Waals surface area contributed by atoms with Gasteiger partial charge in [-0.05, 0) is 25.0 Å². The number of rotatable bonds is 6. The summed E-state index contributed by atoms with van der Waals surface area (Å²) >= 11 is 0. The van der Waals surface area contributed by atoms with E-state index in [1.807, 2.05) is 30.3 Å². The largest absolute Gasteiger partial charge is 0.396 e. The molecule has 21 heavy (non-hydrogen) atoms. The summed E-state index contributed by atoms with van der Waals surface area (Å²) in [5.41, 5.74) is 2.23. The molecule has 0 amide bonds. The van der Waals surface area contributed by atoms with Crippen molar-refractivity contribution < 1.29 is 5.11 Å². The molecular weight excluding hydrogens is 268 g/mol. The van der Waals surface area contributed by atoms with Gasteiger partial charge < -0.3 is 10.4 Å². The highest BCUT2D eigenvalue weighted by atomic mass is 16.2. The van der Waals surface area contributed by atoms with Gasteiger partial charge >= 0.3 is 0 Å². The number of nitrogens with zero attached hydrogens (tertiary/aromatic N) is 5. The lowest BCUT2D eigenvalue weighted by Gasteiger charge is -2.04. The van der Waals surface area contributed by atoms with Gasteiger partial charge in [-0.1, -0.05) is 23.4 Å². The Bertz CT molecular complexity index is 712. The summed E-state index contributed by atoms with van der Waals surface area (Å²) in [6, 6.07) is 9.73. The fourth-order valence-corrected chi connectivity index (χ4v) is 1.99. The average Bonchev–Trinajstić information content (AvgIpc) is 2.95. The molecule has 3 rings (SSSR count). The predicted molar refractivity (Wildman–Crippen MR) is 79.3 cm³/mol. The molecule has 0 aliphatic carbocycles. The number of aliphatic hydroxyl groups is 1. The van der Waals surface area contributed by atoms with Crippen molar-refractivity contribution in [2.24, 2.45) is 0 Å². The lowest BCUT2D eigenvalue weighted by atomic mass is 10.3. The standard InChI is InChI=1S/C14H16N6O/c21-9-5-4-8-15-14-16-10-12-13(17-14)20(19-18-12)11-6-2-1-3-7-11/h1-3,6-7,10,21H,4-5,8-9H2,(H,15,16,17). The topological polar surface area (TPSA) is 88.8 Å². The van der Waals surface area contributed by atoms with Crippen LogP contribution in [0.25, 0.3) is 16.9 Å². The second-order valence-electron chi connectivity index (χ2n) is 4.60. The zero-order chi connectivity index (χ0) is 14.5. The Morgan fingerprint density at radius 3 is 2.81 bits per heavy atom. The van der Waals surface area contributed by atoms with E-state index in [0.717, 1.165) is 25.1 Å². The molecule has 2 heterocycles. The molecule has 0 aliphatic heterocycles. The highest BCUT2D eigenvalue weighted by Gasteiger charge is 2.09. The first kappa shape index (κ1) is 13.4. The molecule has 1 aromatic carbocycles. The first-order chi connectivity index (χ1) is 10.4. The Hall–Kier alpha value is -2.54. The van der Waals surface area contributed by atoms with E-state index in [4.69, 9.17) is 5.11 Å². The first-order valence-corrected chi connectivity index (χ1v) is 6.87. The number of anilines is 1. The Labute approximate surface area is 121 Å². The van der Waals surface area contributed by atoms with Gasteiger partial charge in [0.1, 0.15) is 0 Å². The molecule has 7 nitrogen and oxygen atoms in total. The number of para-hydroxylation sites is 1. The number of nitrogens with one attached hydrogen (secondary N) is 1. The molecule has 0 atom stereocenters. The molecule has 0 saturated carbocycles. The summed E-state index contributed by atoms with van der Waals surface area (Å²) in [6.45, 7) is 0.922. The molecule has 3 aromatic rings. The van der Waals surface area contributed by atoms with Gasteiger partial charge in [-0.15, -0.1) is 5.10 Å². The summed E-state index contributed by atoms with van der Waals surface area (Å²) in [5.74, 6) is 0.542. The maximum absolute atomic E-state index is 8.76. The average molecular weight is 284 g/mol. The second kappa shape index (κ2) is 6.27. The van der Waals surface area contributed by atoms with Gasteiger partial charge in [0, 0.05) is 13.2 Å². The minimum Gasteiger partial charge on any atom is -0.396 e. The molecule has 2 N–H and O–H groups in total. The summed E-state index contributed by atoms with van der Waals surface area (Å²) < 4.78 is 1.69. The fraction of sp³-hybridized carbons (Fsp3) is 0.286. The smallest absolute Gasteiger partial charge is 0.224 e. The maximum Gasteiger partial charge on any atom is 0.224 e. The van der Waals surface area contributed by atoms with Gasteiger partial charge in [0.2, 0.25) is 5.95 Å². The van der Waals surface area contributed by atoms with E-state index in [9.17, 15) is 0 Å². The lowest BCUT2D eigenvalue weighted by Crippen LogP contribution is -2.07. The molecule has 0 aliphatic rings. The van der Waals surface area contributed by atoms with E-state index in [-0.39, 0.29) is 6.61 Å². The van der Waals surface area contributed by atoms with Crippen molar-refractivity contribution in [3.05, 3.63) is 36.5 Å². The van der Waals surface area contributed by atoms with Crippen molar-refractivity contribution in [1.82, 2.24) is 25.0 Å². The SMILES string of the molecule is OCCCCNc1ncc2nnn(-c3ccccc3)c2n1. The van der Waals surface area contributed by atoms with Crippen LogP contribution in [0.2, 0.25) is 0 Å². The van der Waals surface area contributed by atoms with Crippen molar-refractivity contribution in [3.8, 4) is 5.69 Å². The molecule has 0 bridgehead atoms. The van der Waals surface area contributed by atoms with Crippen LogP contribution in [0.4, 0.5) is 5.95 Å². The number of benzene rings is 1. The Morgan fingerprint density at radius 1 is 1.14 bits per heavy atom. The van der Waals surface area contributed by atoms with Gasteiger partial charge in [0.15, 0.2) is 11.2 Å². The zero-order valence-corrected chi connectivity index (χ0v) is 11.5. The number of hydrogen-bond donors (Lipinski definition) is 2. The van der Waals surface area contributed by atoms with Crippen molar-refractivity contribution in [2.75, 3.05) is 18.5 Å². The normalized spacial score (nSPS) is 10.9. The van der Waals surface area contributed by atoms with Crippen LogP contribution in [0, 0.1) is 0 Å². The number of unbranched alkanes of at least 4 members (excludes halogenated alkanes) is 1. The van der Waals surface area contributed by atoms with Crippen molar-refractivity contribution in [3.63, 3.8) is 0 Å². The van der Waals surface area contributed by atoms with Crippen LogP contribution in [-0.2, 0) is 0 Å². The summed E-state index contributed by atoms with van der Waals surface area (Å²) in [6.07, 6.45) is 3.29. The van der Waals surface area contributed by atoms with Gasteiger partial charge in [-0.3, -0.25) is 0 Å². The van der Waals surface area contributed by atoms with Crippen LogP contribution in [0.1, 0.15) is 12.8 Å². The lowest BCUT2D eigenvalue weighted by molar-refractivity contribution is 0.286. The van der Waals surface area contributed by atoms with Crippen molar-refractivity contribution in [1.29, 1.82) is 0 Å². The first-order valence-electron chi connectivity index (χ1n) is 6.87. The number of hydrogen-bond acceptors (Lipinski definition) is 6. The molecule has 108 valence electrons. The van der Waals surface area contributed by atoms with E-state index < -0.39 is 0 Å². The van der Waals surface area contributed by atoms with Crippen LogP contribution in [0.3, 0.4) is 0 Å². The molecule has 0 unspecified atom stereocenters. The molecule has 7 heteroatoms. The van der Waals surface area contributed by atoms with Gasteiger partial charge in [0.25, 0.3) is 0 Å². The number of fused-ring (bicyclic) bond motifs is 1. The van der Waals surface area contributed by atoms with Crippen LogP contribution >= 0.6 is 0 Å². The fourth-order valence-electron chi connectivity index (χ4n) is 1.99. The van der Waals surface area contributed by atoms with E-state index in [1.165, 1.54) is 0 Å². The molecule has 0 saturated heterocycles. The third-order valence-electron chi connectivity index (χ3n) is 3.06. The molecule has 0 spiro atoms. The Morgan fingerprint density at radius 2 is 2.00 bits per heavy atom. The van der Waals surface area contributed by atoms with Crippen LogP contribution in [-0.4, -0.2) is 43.2 Å². The van der Waals surface area contributed by atoms with Crippen LogP contribution < -0.4 is 5.32 Å². The Balaban J connectivity index is 1.86. The summed E-state index contributed by atoms with van der Waals surface area (Å²) in [5, 5.41) is 20.1. The minimum atomic E-state index is 0.201. The monoisotopic (exact) mass is 284 g/mol. The van der Waals surface area contributed by atoms with E-state index >= 15 is 0 Å². The third-order valence-corrected chi connectivity index (χ3v) is 3.06. The highest BCUT2D eigenvalue weighted by molar-refractivity contribution is 5.71. The third kappa shape index (κ3) is 2.97. The zero-order valence-electron chi connectivity index (χ0n) is 11.5. The number of aliphatic hydroxyl groups excluding tert-OH is 1. The molecular formula is C14H16N6O. The van der Waals surface area contributed by atoms with Gasteiger partial charge in [-0.2, -0.15) is 9.67 Å². The Kier molecular flexibility index (Phi) is 4.02.